The third kappa shape index (κ3) is 3.95. The molecule has 0 bridgehead atoms. The van der Waals surface area contributed by atoms with Gasteiger partial charge in [0.2, 0.25) is 0 Å². The van der Waals surface area contributed by atoms with E-state index in [4.69, 9.17) is 5.73 Å². The van der Waals surface area contributed by atoms with Crippen molar-refractivity contribution in [3.63, 3.8) is 0 Å². The summed E-state index contributed by atoms with van der Waals surface area (Å²) in [6, 6.07) is 0. The van der Waals surface area contributed by atoms with Crippen LogP contribution in [-0.2, 0) is 0 Å². The van der Waals surface area contributed by atoms with Crippen LogP contribution in [-0.4, -0.2) is 5.54 Å². The topological polar surface area (TPSA) is 26.0 Å². The van der Waals surface area contributed by atoms with Gasteiger partial charge in [-0.15, -0.1) is 6.58 Å². The lowest BCUT2D eigenvalue weighted by atomic mass is 9.81. The van der Waals surface area contributed by atoms with Gasteiger partial charge in [0, 0.05) is 5.54 Å². The van der Waals surface area contributed by atoms with E-state index in [2.05, 4.69) is 13.5 Å². The third-order valence-electron chi connectivity index (χ3n) is 3.00. The molecule has 1 nitrogen and oxygen atoms in total. The highest BCUT2D eigenvalue weighted by Crippen LogP contribution is 2.28. The van der Waals surface area contributed by atoms with Crippen LogP contribution in [0.5, 0.6) is 0 Å². The lowest BCUT2D eigenvalue weighted by Gasteiger charge is -2.31. The number of hydrogen-bond acceptors (Lipinski definition) is 1. The van der Waals surface area contributed by atoms with Crippen molar-refractivity contribution in [2.45, 2.75) is 63.8 Å². The molecule has 13 heavy (non-hydrogen) atoms. The van der Waals surface area contributed by atoms with Crippen LogP contribution in [0, 0.1) is 0 Å². The molecule has 1 aliphatic rings. The molecule has 0 spiro atoms. The average Bonchev–Trinajstić information content (AvgIpc) is 1.97. The maximum atomic E-state index is 6.37. The molecule has 1 fully saturated rings. The molecule has 0 heterocycles. The van der Waals surface area contributed by atoms with E-state index in [9.17, 15) is 0 Å². The fourth-order valence-corrected chi connectivity index (χ4v) is 2.39. The van der Waals surface area contributed by atoms with Gasteiger partial charge in [-0.05, 0) is 26.2 Å². The Kier molecular flexibility index (Phi) is 3.98. The Labute approximate surface area is 82.4 Å². The smallest absolute Gasteiger partial charge is 0.0191 e. The Morgan fingerprint density at radius 2 is 1.62 bits per heavy atom. The normalized spacial score (nSPS) is 23.2. The second-order valence-electron chi connectivity index (χ2n) is 4.76. The first-order valence-corrected chi connectivity index (χ1v) is 5.56. The Morgan fingerprint density at radius 3 is 2.08 bits per heavy atom. The van der Waals surface area contributed by atoms with Crippen LogP contribution in [0.3, 0.4) is 0 Å². The van der Waals surface area contributed by atoms with Gasteiger partial charge in [-0.1, -0.05) is 37.7 Å². The zero-order valence-electron chi connectivity index (χ0n) is 8.94. The van der Waals surface area contributed by atoms with Crippen LogP contribution in [0.1, 0.15) is 58.3 Å². The molecule has 0 aromatic carbocycles. The predicted octanol–water partition coefficient (Wildman–Crippen LogP) is 3.39. The molecule has 1 rings (SSSR count). The lowest BCUT2D eigenvalue weighted by molar-refractivity contribution is 0.314. The first-order chi connectivity index (χ1) is 6.12. The molecule has 0 aromatic heterocycles. The first-order valence-electron chi connectivity index (χ1n) is 5.56. The van der Waals surface area contributed by atoms with Crippen LogP contribution in [0.25, 0.3) is 0 Å². The molecular formula is C12H23N. The zero-order chi connectivity index (χ0) is 9.73. The van der Waals surface area contributed by atoms with Gasteiger partial charge in [0.1, 0.15) is 0 Å². The minimum Gasteiger partial charge on any atom is -0.325 e. The Bertz CT molecular complexity index is 164. The molecule has 1 aliphatic carbocycles. The molecule has 2 N–H and O–H groups in total. The Balaban J connectivity index is 2.46. The monoisotopic (exact) mass is 181 g/mol. The fraction of sp³-hybridized carbons (Fsp3) is 0.833. The van der Waals surface area contributed by atoms with Crippen molar-refractivity contribution in [2.24, 2.45) is 5.73 Å². The summed E-state index contributed by atoms with van der Waals surface area (Å²) in [5.41, 5.74) is 7.68. The van der Waals surface area contributed by atoms with Gasteiger partial charge in [-0.2, -0.15) is 0 Å². The molecule has 76 valence electrons. The predicted molar refractivity (Wildman–Crippen MR) is 58.7 cm³/mol. The highest BCUT2D eigenvalue weighted by molar-refractivity contribution is 5.00. The highest BCUT2D eigenvalue weighted by atomic mass is 14.7. The summed E-state index contributed by atoms with van der Waals surface area (Å²) in [6.07, 6.45) is 10.2. The minimum absolute atomic E-state index is 0.0756. The second kappa shape index (κ2) is 4.80. The van der Waals surface area contributed by atoms with E-state index in [1.807, 2.05) is 0 Å². The number of rotatable bonds is 2. The quantitative estimate of drug-likeness (QED) is 0.649. The fourth-order valence-electron chi connectivity index (χ4n) is 2.39. The SMILES string of the molecule is C=C(C)CC1(N)CCCCCCC1. The highest BCUT2D eigenvalue weighted by Gasteiger charge is 2.24. The Hall–Kier alpha value is -0.300. The molecule has 1 saturated carbocycles. The molecule has 0 atom stereocenters. The van der Waals surface area contributed by atoms with E-state index < -0.39 is 0 Å². The van der Waals surface area contributed by atoms with Crippen molar-refractivity contribution in [1.82, 2.24) is 0 Å². The zero-order valence-corrected chi connectivity index (χ0v) is 8.94. The van der Waals surface area contributed by atoms with Crippen LogP contribution in [0.2, 0.25) is 0 Å². The van der Waals surface area contributed by atoms with Crippen molar-refractivity contribution in [3.05, 3.63) is 12.2 Å². The van der Waals surface area contributed by atoms with E-state index >= 15 is 0 Å². The van der Waals surface area contributed by atoms with Gasteiger partial charge in [0.05, 0.1) is 0 Å². The van der Waals surface area contributed by atoms with Crippen molar-refractivity contribution in [2.75, 3.05) is 0 Å². The van der Waals surface area contributed by atoms with Gasteiger partial charge in [-0.3, -0.25) is 0 Å². The van der Waals surface area contributed by atoms with Crippen LogP contribution < -0.4 is 5.73 Å². The average molecular weight is 181 g/mol. The summed E-state index contributed by atoms with van der Waals surface area (Å²) in [5, 5.41) is 0. The van der Waals surface area contributed by atoms with Crippen LogP contribution in [0.4, 0.5) is 0 Å². The van der Waals surface area contributed by atoms with Gasteiger partial charge < -0.3 is 5.73 Å². The van der Waals surface area contributed by atoms with Crippen molar-refractivity contribution < 1.29 is 0 Å². The number of hydrogen-bond donors (Lipinski definition) is 1. The largest absolute Gasteiger partial charge is 0.325 e. The molecule has 0 amide bonds. The maximum absolute atomic E-state index is 6.37. The second-order valence-corrected chi connectivity index (χ2v) is 4.76. The van der Waals surface area contributed by atoms with E-state index in [1.54, 1.807) is 0 Å². The summed E-state index contributed by atoms with van der Waals surface area (Å²) >= 11 is 0. The van der Waals surface area contributed by atoms with E-state index in [1.165, 1.54) is 50.5 Å². The number of nitrogens with two attached hydrogens (primary N) is 1. The summed E-state index contributed by atoms with van der Waals surface area (Å²) in [6.45, 7) is 6.06. The van der Waals surface area contributed by atoms with Gasteiger partial charge >= 0.3 is 0 Å². The Morgan fingerprint density at radius 1 is 1.15 bits per heavy atom. The van der Waals surface area contributed by atoms with E-state index in [0.717, 1.165) is 6.42 Å². The molecule has 0 radical (unpaired) electrons. The van der Waals surface area contributed by atoms with E-state index in [-0.39, 0.29) is 5.54 Å². The van der Waals surface area contributed by atoms with Gasteiger partial charge in [-0.25, -0.2) is 0 Å². The van der Waals surface area contributed by atoms with E-state index in [0.29, 0.717) is 0 Å². The molecule has 0 aromatic rings. The molecular weight excluding hydrogens is 158 g/mol. The molecule has 0 aliphatic heterocycles. The van der Waals surface area contributed by atoms with Gasteiger partial charge in [0.25, 0.3) is 0 Å². The van der Waals surface area contributed by atoms with Crippen molar-refractivity contribution in [1.29, 1.82) is 0 Å². The minimum atomic E-state index is 0.0756. The third-order valence-corrected chi connectivity index (χ3v) is 3.00. The van der Waals surface area contributed by atoms with Crippen LogP contribution >= 0.6 is 0 Å². The standard InChI is InChI=1S/C12H23N/c1-11(2)10-12(13)8-6-4-3-5-7-9-12/h1,3-10,13H2,2H3. The summed E-state index contributed by atoms with van der Waals surface area (Å²) < 4.78 is 0. The molecule has 0 unspecified atom stereocenters. The van der Waals surface area contributed by atoms with Crippen molar-refractivity contribution >= 4 is 0 Å². The summed E-state index contributed by atoms with van der Waals surface area (Å²) in [7, 11) is 0. The summed E-state index contributed by atoms with van der Waals surface area (Å²) in [4.78, 5) is 0. The lowest BCUT2D eigenvalue weighted by Crippen LogP contribution is -2.40. The van der Waals surface area contributed by atoms with Crippen molar-refractivity contribution in [3.8, 4) is 0 Å². The summed E-state index contributed by atoms with van der Waals surface area (Å²) in [5.74, 6) is 0. The van der Waals surface area contributed by atoms with Crippen LogP contribution in [0.15, 0.2) is 12.2 Å². The van der Waals surface area contributed by atoms with Gasteiger partial charge in [0.15, 0.2) is 0 Å². The molecule has 0 saturated heterocycles. The maximum Gasteiger partial charge on any atom is 0.0191 e. The molecule has 1 heteroatoms. The first kappa shape index (κ1) is 10.8.